The number of likely N-dealkylation sites (tertiary alicyclic amines) is 1. The molecule has 1 N–H and O–H groups in total. The number of nitrogens with one attached hydrogen (secondary N) is 1. The summed E-state index contributed by atoms with van der Waals surface area (Å²) >= 11 is 0. The summed E-state index contributed by atoms with van der Waals surface area (Å²) in [6.07, 6.45) is 3.57. The van der Waals surface area contributed by atoms with Crippen LogP contribution in [0.5, 0.6) is 0 Å². The van der Waals surface area contributed by atoms with Gasteiger partial charge >= 0.3 is 0 Å². The molecule has 0 amide bonds. The molecule has 1 aromatic heterocycles. The van der Waals surface area contributed by atoms with E-state index >= 15 is 0 Å². The van der Waals surface area contributed by atoms with Crippen LogP contribution < -0.4 is 11.1 Å². The minimum atomic E-state index is -0.202. The molecule has 0 saturated carbocycles. The minimum Gasteiger partial charge on any atom is -0.284 e. The largest absolute Gasteiger partial charge is 0.284 e. The molecule has 1 saturated heterocycles. The standard InChI is InChI=1S/C14H17N3O2/c18-13-11-6-2-3-7-12(11)14(19)17(15-13)10-16-8-4-1-5-9-16/h2-3,6-7H,1,4-5,8-10H2,(H,15,18). The number of rotatable bonds is 2. The molecule has 1 aliphatic heterocycles. The van der Waals surface area contributed by atoms with Crippen molar-refractivity contribution in [3.63, 3.8) is 0 Å². The number of nitrogens with zero attached hydrogens (tertiary/aromatic N) is 2. The summed E-state index contributed by atoms with van der Waals surface area (Å²) in [4.78, 5) is 26.5. The third-order valence-electron chi connectivity index (χ3n) is 3.67. The predicted molar refractivity (Wildman–Crippen MR) is 74.3 cm³/mol. The number of aromatic amines is 1. The lowest BCUT2D eigenvalue weighted by atomic mass is 10.1. The van der Waals surface area contributed by atoms with Crippen LogP contribution in [0.15, 0.2) is 33.9 Å². The fourth-order valence-electron chi connectivity index (χ4n) is 2.65. The number of H-pyrrole nitrogens is 1. The first-order valence-corrected chi connectivity index (χ1v) is 6.70. The van der Waals surface area contributed by atoms with Gasteiger partial charge in [0.1, 0.15) is 0 Å². The van der Waals surface area contributed by atoms with Crippen LogP contribution in [-0.4, -0.2) is 27.8 Å². The Kier molecular flexibility index (Phi) is 3.21. The zero-order valence-electron chi connectivity index (χ0n) is 10.8. The van der Waals surface area contributed by atoms with Gasteiger partial charge < -0.3 is 0 Å². The van der Waals surface area contributed by atoms with Gasteiger partial charge in [-0.25, -0.2) is 4.68 Å². The average molecular weight is 259 g/mol. The highest BCUT2D eigenvalue weighted by Gasteiger charge is 2.13. The Morgan fingerprint density at radius 2 is 1.68 bits per heavy atom. The Bertz CT molecular complexity index is 696. The molecule has 0 unspecified atom stereocenters. The van der Waals surface area contributed by atoms with E-state index in [0.717, 1.165) is 25.9 Å². The lowest BCUT2D eigenvalue weighted by Gasteiger charge is -2.26. The highest BCUT2D eigenvalue weighted by molar-refractivity contribution is 5.80. The normalized spacial score (nSPS) is 16.8. The lowest BCUT2D eigenvalue weighted by Crippen LogP contribution is -2.39. The number of fused-ring (bicyclic) bond motifs is 1. The van der Waals surface area contributed by atoms with Crippen molar-refractivity contribution in [3.05, 3.63) is 45.0 Å². The van der Waals surface area contributed by atoms with E-state index in [1.807, 2.05) is 0 Å². The summed E-state index contributed by atoms with van der Waals surface area (Å²) < 4.78 is 1.43. The Hall–Kier alpha value is -1.88. The topological polar surface area (TPSA) is 58.1 Å². The van der Waals surface area contributed by atoms with E-state index in [-0.39, 0.29) is 11.1 Å². The van der Waals surface area contributed by atoms with Gasteiger partial charge in [0.15, 0.2) is 0 Å². The van der Waals surface area contributed by atoms with Gasteiger partial charge in [-0.2, -0.15) is 0 Å². The van der Waals surface area contributed by atoms with E-state index in [0.29, 0.717) is 17.4 Å². The monoisotopic (exact) mass is 259 g/mol. The van der Waals surface area contributed by atoms with Crippen LogP contribution in [0, 0.1) is 0 Å². The van der Waals surface area contributed by atoms with E-state index in [9.17, 15) is 9.59 Å². The van der Waals surface area contributed by atoms with Gasteiger partial charge in [0.25, 0.3) is 11.1 Å². The molecular weight excluding hydrogens is 242 g/mol. The molecule has 2 heterocycles. The molecule has 5 nitrogen and oxygen atoms in total. The third-order valence-corrected chi connectivity index (χ3v) is 3.67. The Labute approximate surface area is 110 Å². The van der Waals surface area contributed by atoms with E-state index < -0.39 is 0 Å². The zero-order chi connectivity index (χ0) is 13.2. The molecule has 0 atom stereocenters. The van der Waals surface area contributed by atoms with Gasteiger partial charge in [0.2, 0.25) is 0 Å². The predicted octanol–water partition coefficient (Wildman–Crippen LogP) is 1.13. The number of benzene rings is 1. The molecular formula is C14H17N3O2. The second-order valence-corrected chi connectivity index (χ2v) is 5.04. The molecule has 1 fully saturated rings. The van der Waals surface area contributed by atoms with Gasteiger partial charge in [-0.1, -0.05) is 18.6 Å². The van der Waals surface area contributed by atoms with Crippen molar-refractivity contribution in [3.8, 4) is 0 Å². The second-order valence-electron chi connectivity index (χ2n) is 5.04. The van der Waals surface area contributed by atoms with Crippen molar-refractivity contribution >= 4 is 10.8 Å². The van der Waals surface area contributed by atoms with Crippen LogP contribution in [0.1, 0.15) is 19.3 Å². The quantitative estimate of drug-likeness (QED) is 0.879. The van der Waals surface area contributed by atoms with Crippen LogP contribution in [-0.2, 0) is 6.67 Å². The summed E-state index contributed by atoms with van der Waals surface area (Å²) in [5, 5.41) is 3.62. The van der Waals surface area contributed by atoms with E-state index in [1.165, 1.54) is 11.1 Å². The Morgan fingerprint density at radius 1 is 1.00 bits per heavy atom. The molecule has 19 heavy (non-hydrogen) atoms. The number of hydrogen-bond acceptors (Lipinski definition) is 3. The fourth-order valence-corrected chi connectivity index (χ4v) is 2.65. The Balaban J connectivity index is 2.02. The first kappa shape index (κ1) is 12.2. The minimum absolute atomic E-state index is 0.124. The molecule has 5 heteroatoms. The van der Waals surface area contributed by atoms with Crippen molar-refractivity contribution in [1.29, 1.82) is 0 Å². The van der Waals surface area contributed by atoms with Crippen LogP contribution in [0.2, 0.25) is 0 Å². The summed E-state index contributed by atoms with van der Waals surface area (Å²) in [5.41, 5.74) is -0.326. The maximum absolute atomic E-state index is 12.3. The molecule has 0 aliphatic carbocycles. The van der Waals surface area contributed by atoms with Crippen LogP contribution >= 0.6 is 0 Å². The summed E-state index contributed by atoms with van der Waals surface area (Å²) in [6, 6.07) is 6.95. The summed E-state index contributed by atoms with van der Waals surface area (Å²) in [7, 11) is 0. The van der Waals surface area contributed by atoms with Gasteiger partial charge in [0.05, 0.1) is 17.4 Å². The van der Waals surface area contributed by atoms with E-state index in [4.69, 9.17) is 0 Å². The molecule has 0 radical (unpaired) electrons. The molecule has 1 aromatic carbocycles. The van der Waals surface area contributed by atoms with Gasteiger partial charge in [0, 0.05) is 0 Å². The molecule has 100 valence electrons. The van der Waals surface area contributed by atoms with Crippen molar-refractivity contribution < 1.29 is 0 Å². The highest BCUT2D eigenvalue weighted by Crippen LogP contribution is 2.09. The second kappa shape index (κ2) is 5.01. The van der Waals surface area contributed by atoms with Crippen molar-refractivity contribution in [2.75, 3.05) is 13.1 Å². The highest BCUT2D eigenvalue weighted by atomic mass is 16.2. The Morgan fingerprint density at radius 3 is 2.42 bits per heavy atom. The van der Waals surface area contributed by atoms with Crippen LogP contribution in [0.3, 0.4) is 0 Å². The van der Waals surface area contributed by atoms with Crippen molar-refractivity contribution in [1.82, 2.24) is 14.7 Å². The van der Waals surface area contributed by atoms with Gasteiger partial charge in [-0.15, -0.1) is 0 Å². The maximum Gasteiger partial charge on any atom is 0.274 e. The molecule has 1 aliphatic rings. The average Bonchev–Trinajstić information content (AvgIpc) is 2.46. The summed E-state index contributed by atoms with van der Waals surface area (Å²) in [6.45, 7) is 2.45. The molecule has 0 bridgehead atoms. The third kappa shape index (κ3) is 2.33. The summed E-state index contributed by atoms with van der Waals surface area (Å²) in [5.74, 6) is 0. The maximum atomic E-state index is 12.3. The SMILES string of the molecule is O=c1[nH]n(CN2CCCCC2)c(=O)c2ccccc12. The van der Waals surface area contributed by atoms with Gasteiger partial charge in [-0.3, -0.25) is 19.6 Å². The molecule has 3 rings (SSSR count). The lowest BCUT2D eigenvalue weighted by molar-refractivity contribution is 0.169. The first-order valence-electron chi connectivity index (χ1n) is 6.70. The molecule has 2 aromatic rings. The van der Waals surface area contributed by atoms with E-state index in [2.05, 4.69) is 10.00 Å². The van der Waals surface area contributed by atoms with Crippen molar-refractivity contribution in [2.24, 2.45) is 0 Å². The van der Waals surface area contributed by atoms with Gasteiger partial charge in [-0.05, 0) is 38.1 Å². The number of hydrogen-bond donors (Lipinski definition) is 1. The fraction of sp³-hybridized carbons (Fsp3) is 0.429. The van der Waals surface area contributed by atoms with Crippen LogP contribution in [0.25, 0.3) is 10.8 Å². The molecule has 0 spiro atoms. The zero-order valence-corrected chi connectivity index (χ0v) is 10.8. The smallest absolute Gasteiger partial charge is 0.274 e. The van der Waals surface area contributed by atoms with Crippen molar-refractivity contribution in [2.45, 2.75) is 25.9 Å². The number of aromatic nitrogens is 2. The first-order chi connectivity index (χ1) is 9.25. The van der Waals surface area contributed by atoms with E-state index in [1.54, 1.807) is 24.3 Å². The van der Waals surface area contributed by atoms with Crippen LogP contribution in [0.4, 0.5) is 0 Å². The number of piperidine rings is 1.